The standard InChI is InChI=1S/C12H14ClN/c13-12(14-10-5-6-10)8-7-9-3-1-2-4-11(9)12/h1-4,10,14H,5-8H2. The number of benzene rings is 1. The van der Waals surface area contributed by atoms with Crippen molar-refractivity contribution in [3.05, 3.63) is 35.4 Å². The van der Waals surface area contributed by atoms with Crippen molar-refractivity contribution in [3.63, 3.8) is 0 Å². The minimum absolute atomic E-state index is 0.266. The topological polar surface area (TPSA) is 12.0 Å². The lowest BCUT2D eigenvalue weighted by Crippen LogP contribution is -2.36. The van der Waals surface area contributed by atoms with Crippen LogP contribution in [0.25, 0.3) is 0 Å². The Kier molecular flexibility index (Phi) is 1.86. The third kappa shape index (κ3) is 1.35. The molecule has 2 aliphatic rings. The lowest BCUT2D eigenvalue weighted by Gasteiger charge is -2.24. The van der Waals surface area contributed by atoms with E-state index < -0.39 is 0 Å². The summed E-state index contributed by atoms with van der Waals surface area (Å²) < 4.78 is 0. The number of aryl methyl sites for hydroxylation is 1. The van der Waals surface area contributed by atoms with Gasteiger partial charge in [-0.3, -0.25) is 5.32 Å². The van der Waals surface area contributed by atoms with Gasteiger partial charge in [0.1, 0.15) is 5.00 Å². The van der Waals surface area contributed by atoms with Crippen molar-refractivity contribution in [2.45, 2.75) is 36.7 Å². The summed E-state index contributed by atoms with van der Waals surface area (Å²) in [6, 6.07) is 9.19. The van der Waals surface area contributed by atoms with Crippen LogP contribution >= 0.6 is 11.6 Å². The molecule has 3 rings (SSSR count). The summed E-state index contributed by atoms with van der Waals surface area (Å²) in [5, 5.41) is 3.55. The SMILES string of the molecule is ClC1(NC2CC2)CCc2ccccc21. The molecule has 14 heavy (non-hydrogen) atoms. The Balaban J connectivity index is 1.94. The van der Waals surface area contributed by atoms with Crippen LogP contribution in [0.3, 0.4) is 0 Å². The third-order valence-corrected chi connectivity index (χ3v) is 3.70. The van der Waals surface area contributed by atoms with Gasteiger partial charge in [0.2, 0.25) is 0 Å². The van der Waals surface area contributed by atoms with Crippen LogP contribution in [0.4, 0.5) is 0 Å². The first-order valence-corrected chi connectivity index (χ1v) is 5.71. The third-order valence-electron chi connectivity index (χ3n) is 3.19. The average molecular weight is 208 g/mol. The monoisotopic (exact) mass is 207 g/mol. The van der Waals surface area contributed by atoms with Crippen LogP contribution in [0, 0.1) is 0 Å². The van der Waals surface area contributed by atoms with Gasteiger partial charge in [0.25, 0.3) is 0 Å². The molecule has 0 amide bonds. The molecule has 0 radical (unpaired) electrons. The molecule has 1 atom stereocenters. The average Bonchev–Trinajstić information content (AvgIpc) is 2.93. The number of alkyl halides is 1. The second-order valence-corrected chi connectivity index (χ2v) is 5.02. The summed E-state index contributed by atoms with van der Waals surface area (Å²) in [5.41, 5.74) is 2.71. The van der Waals surface area contributed by atoms with E-state index in [9.17, 15) is 0 Å². The normalized spacial score (nSPS) is 30.4. The van der Waals surface area contributed by atoms with E-state index in [-0.39, 0.29) is 5.00 Å². The smallest absolute Gasteiger partial charge is 0.120 e. The molecule has 74 valence electrons. The van der Waals surface area contributed by atoms with Crippen LogP contribution in [0.1, 0.15) is 30.4 Å². The maximum absolute atomic E-state index is 6.63. The van der Waals surface area contributed by atoms with Gasteiger partial charge in [0, 0.05) is 6.04 Å². The van der Waals surface area contributed by atoms with E-state index in [1.807, 2.05) is 0 Å². The van der Waals surface area contributed by atoms with Gasteiger partial charge in [-0.15, -0.1) is 0 Å². The van der Waals surface area contributed by atoms with Crippen molar-refractivity contribution < 1.29 is 0 Å². The molecule has 0 aliphatic heterocycles. The van der Waals surface area contributed by atoms with Crippen molar-refractivity contribution in [1.29, 1.82) is 0 Å². The lowest BCUT2D eigenvalue weighted by molar-refractivity contribution is 0.466. The highest BCUT2D eigenvalue weighted by Gasteiger charge is 2.40. The molecule has 0 aromatic heterocycles. The summed E-state index contributed by atoms with van der Waals surface area (Å²) in [4.78, 5) is -0.266. The Bertz CT molecular complexity index is 359. The van der Waals surface area contributed by atoms with Crippen LogP contribution in [0.2, 0.25) is 0 Å². The number of rotatable bonds is 2. The van der Waals surface area contributed by atoms with Crippen molar-refractivity contribution >= 4 is 11.6 Å². The largest absolute Gasteiger partial charge is 0.292 e. The van der Waals surface area contributed by atoms with E-state index in [1.165, 1.54) is 24.0 Å². The highest BCUT2D eigenvalue weighted by molar-refractivity contribution is 6.24. The van der Waals surface area contributed by atoms with Gasteiger partial charge < -0.3 is 0 Å². The van der Waals surface area contributed by atoms with E-state index in [0.29, 0.717) is 6.04 Å². The van der Waals surface area contributed by atoms with E-state index in [2.05, 4.69) is 29.6 Å². The van der Waals surface area contributed by atoms with Gasteiger partial charge in [-0.1, -0.05) is 35.9 Å². The summed E-state index contributed by atoms with van der Waals surface area (Å²) in [7, 11) is 0. The van der Waals surface area contributed by atoms with Crippen LogP contribution in [-0.4, -0.2) is 6.04 Å². The Morgan fingerprint density at radius 1 is 1.29 bits per heavy atom. The minimum atomic E-state index is -0.266. The zero-order chi connectivity index (χ0) is 9.60. The van der Waals surface area contributed by atoms with Crippen LogP contribution < -0.4 is 5.32 Å². The summed E-state index contributed by atoms with van der Waals surface area (Å²) in [6.45, 7) is 0. The van der Waals surface area contributed by atoms with E-state index >= 15 is 0 Å². The van der Waals surface area contributed by atoms with Crippen molar-refractivity contribution in [1.82, 2.24) is 5.32 Å². The van der Waals surface area contributed by atoms with Crippen LogP contribution in [0.5, 0.6) is 0 Å². The van der Waals surface area contributed by atoms with Gasteiger partial charge in [-0.25, -0.2) is 0 Å². The Morgan fingerprint density at radius 2 is 2.07 bits per heavy atom. The molecule has 1 aromatic rings. The molecule has 0 heterocycles. The van der Waals surface area contributed by atoms with Gasteiger partial charge in [0.05, 0.1) is 0 Å². The van der Waals surface area contributed by atoms with Gasteiger partial charge in [0.15, 0.2) is 0 Å². The van der Waals surface area contributed by atoms with E-state index in [1.54, 1.807) is 0 Å². The predicted octanol–water partition coefficient (Wildman–Crippen LogP) is 2.78. The molecule has 1 unspecified atom stereocenters. The highest BCUT2D eigenvalue weighted by Crippen LogP contribution is 2.42. The summed E-state index contributed by atoms with van der Waals surface area (Å²) in [6.07, 6.45) is 4.72. The van der Waals surface area contributed by atoms with Gasteiger partial charge in [-0.2, -0.15) is 0 Å². The molecule has 2 aliphatic carbocycles. The lowest BCUT2D eigenvalue weighted by atomic mass is 10.1. The molecule has 1 N–H and O–H groups in total. The number of nitrogens with one attached hydrogen (secondary N) is 1. The molecule has 1 saturated carbocycles. The first-order valence-electron chi connectivity index (χ1n) is 5.33. The Labute approximate surface area is 89.5 Å². The fourth-order valence-corrected chi connectivity index (χ4v) is 2.70. The number of halogens is 1. The quantitative estimate of drug-likeness (QED) is 0.581. The molecule has 0 bridgehead atoms. The van der Waals surface area contributed by atoms with Crippen LogP contribution in [0.15, 0.2) is 24.3 Å². The van der Waals surface area contributed by atoms with Crippen LogP contribution in [-0.2, 0) is 11.4 Å². The minimum Gasteiger partial charge on any atom is -0.292 e. The molecule has 0 spiro atoms. The molecule has 2 heteroatoms. The molecular weight excluding hydrogens is 194 g/mol. The summed E-state index contributed by atoms with van der Waals surface area (Å²) in [5.74, 6) is 0. The number of fused-ring (bicyclic) bond motifs is 1. The second-order valence-electron chi connectivity index (χ2n) is 4.38. The fraction of sp³-hybridized carbons (Fsp3) is 0.500. The van der Waals surface area contributed by atoms with Crippen molar-refractivity contribution in [2.75, 3.05) is 0 Å². The molecule has 1 fully saturated rings. The summed E-state index contributed by atoms with van der Waals surface area (Å²) >= 11 is 6.63. The fourth-order valence-electron chi connectivity index (χ4n) is 2.27. The Morgan fingerprint density at radius 3 is 2.86 bits per heavy atom. The first kappa shape index (κ1) is 8.75. The van der Waals surface area contributed by atoms with E-state index in [0.717, 1.165) is 12.8 Å². The van der Waals surface area contributed by atoms with Gasteiger partial charge >= 0.3 is 0 Å². The molecule has 1 nitrogen and oxygen atoms in total. The van der Waals surface area contributed by atoms with E-state index in [4.69, 9.17) is 11.6 Å². The van der Waals surface area contributed by atoms with Gasteiger partial charge in [-0.05, 0) is 36.8 Å². The van der Waals surface area contributed by atoms with Crippen molar-refractivity contribution in [2.24, 2.45) is 0 Å². The maximum Gasteiger partial charge on any atom is 0.120 e. The zero-order valence-electron chi connectivity index (χ0n) is 8.09. The molecule has 1 aromatic carbocycles. The number of hydrogen-bond acceptors (Lipinski definition) is 1. The first-order chi connectivity index (χ1) is 6.78. The maximum atomic E-state index is 6.63. The molecular formula is C12H14ClN. The molecule has 0 saturated heterocycles. The second kappa shape index (κ2) is 2.98. The number of hydrogen-bond donors (Lipinski definition) is 1. The zero-order valence-corrected chi connectivity index (χ0v) is 8.85. The van der Waals surface area contributed by atoms with Crippen molar-refractivity contribution in [3.8, 4) is 0 Å². The highest BCUT2D eigenvalue weighted by atomic mass is 35.5. The predicted molar refractivity (Wildman–Crippen MR) is 58.5 cm³/mol. The Hall–Kier alpha value is -0.530.